The van der Waals surface area contributed by atoms with Gasteiger partial charge in [0.25, 0.3) is 0 Å². The lowest BCUT2D eigenvalue weighted by Gasteiger charge is -2.19. The highest BCUT2D eigenvalue weighted by molar-refractivity contribution is 9.10. The molecule has 0 unspecified atom stereocenters. The largest absolute Gasteiger partial charge is 0.304 e. The molecule has 0 spiro atoms. The number of hydrazone groups is 1. The van der Waals surface area contributed by atoms with Gasteiger partial charge in [0.1, 0.15) is 17.3 Å². The molecule has 0 heterocycles. The highest BCUT2D eigenvalue weighted by atomic mass is 79.9. The molecule has 5 heteroatoms. The van der Waals surface area contributed by atoms with Crippen LogP contribution in [0, 0.1) is 11.6 Å². The number of benzene rings is 2. The first-order valence-corrected chi connectivity index (χ1v) is 7.62. The Morgan fingerprint density at radius 3 is 2.23 bits per heavy atom. The number of hydrogen-bond donors (Lipinski definition) is 1. The zero-order chi connectivity index (χ0) is 16.3. The van der Waals surface area contributed by atoms with Crippen molar-refractivity contribution < 1.29 is 8.78 Å². The van der Waals surface area contributed by atoms with E-state index in [2.05, 4.69) is 26.5 Å². The summed E-state index contributed by atoms with van der Waals surface area (Å²) in [5.74, 6) is -0.740. The van der Waals surface area contributed by atoms with E-state index in [1.807, 2.05) is 20.8 Å². The Hall–Kier alpha value is -1.75. The average Bonchev–Trinajstić information content (AvgIpc) is 2.41. The summed E-state index contributed by atoms with van der Waals surface area (Å²) >= 11 is 3.24. The fourth-order valence-electron chi connectivity index (χ4n) is 1.79. The third-order valence-electron chi connectivity index (χ3n) is 2.81. The molecule has 0 bridgehead atoms. The maximum Gasteiger partial charge on any atom is 0.133 e. The summed E-state index contributed by atoms with van der Waals surface area (Å²) in [6.45, 7) is 5.87. The van der Waals surface area contributed by atoms with Gasteiger partial charge in [0.05, 0.1) is 0 Å². The van der Waals surface area contributed by atoms with E-state index in [1.165, 1.54) is 18.2 Å². The van der Waals surface area contributed by atoms with Gasteiger partial charge < -0.3 is 5.43 Å². The van der Waals surface area contributed by atoms with Crippen molar-refractivity contribution in [2.24, 2.45) is 5.10 Å². The zero-order valence-electron chi connectivity index (χ0n) is 12.6. The monoisotopic (exact) mass is 366 g/mol. The molecule has 0 amide bonds. The molecule has 0 aliphatic carbocycles. The van der Waals surface area contributed by atoms with Crippen LogP contribution < -0.4 is 5.43 Å². The molecule has 1 N–H and O–H groups in total. The van der Waals surface area contributed by atoms with Gasteiger partial charge in [-0.05, 0) is 63.2 Å². The van der Waals surface area contributed by atoms with Gasteiger partial charge in [0.2, 0.25) is 0 Å². The summed E-state index contributed by atoms with van der Waals surface area (Å²) in [6, 6.07) is 10.6. The maximum atomic E-state index is 14.3. The smallest absolute Gasteiger partial charge is 0.133 e. The van der Waals surface area contributed by atoms with Crippen molar-refractivity contribution in [3.63, 3.8) is 0 Å². The minimum atomic E-state index is -0.395. The van der Waals surface area contributed by atoms with E-state index >= 15 is 0 Å². The third-order valence-corrected chi connectivity index (χ3v) is 3.30. The van der Waals surface area contributed by atoms with Gasteiger partial charge in [-0.25, -0.2) is 8.78 Å². The predicted octanol–water partition coefficient (Wildman–Crippen LogP) is 4.87. The third kappa shape index (κ3) is 4.37. The van der Waals surface area contributed by atoms with Crippen LogP contribution in [0.1, 0.15) is 31.9 Å². The van der Waals surface area contributed by atoms with Gasteiger partial charge in [-0.3, -0.25) is 0 Å². The lowest BCUT2D eigenvalue weighted by atomic mass is 10.0. The lowest BCUT2D eigenvalue weighted by Crippen LogP contribution is -2.32. The Labute approximate surface area is 137 Å². The van der Waals surface area contributed by atoms with E-state index < -0.39 is 5.82 Å². The first-order valence-electron chi connectivity index (χ1n) is 6.82. The van der Waals surface area contributed by atoms with E-state index in [-0.39, 0.29) is 11.4 Å². The normalized spacial score (nSPS) is 12.4. The second-order valence-corrected chi connectivity index (χ2v) is 6.87. The van der Waals surface area contributed by atoms with Crippen LogP contribution in [0.3, 0.4) is 0 Å². The Bertz CT molecular complexity index is 689. The topological polar surface area (TPSA) is 24.4 Å². The van der Waals surface area contributed by atoms with Crippen molar-refractivity contribution in [2.75, 3.05) is 0 Å². The Morgan fingerprint density at radius 2 is 1.68 bits per heavy atom. The summed E-state index contributed by atoms with van der Waals surface area (Å²) in [6.07, 6.45) is 0. The van der Waals surface area contributed by atoms with Gasteiger partial charge in [0, 0.05) is 21.1 Å². The summed E-state index contributed by atoms with van der Waals surface area (Å²) in [4.78, 5) is 0. The van der Waals surface area contributed by atoms with Crippen LogP contribution in [-0.4, -0.2) is 11.3 Å². The molecule has 2 rings (SSSR count). The van der Waals surface area contributed by atoms with Crippen molar-refractivity contribution in [3.8, 4) is 0 Å². The second-order valence-electron chi connectivity index (χ2n) is 5.95. The number of nitrogens with zero attached hydrogens (tertiary/aromatic N) is 1. The van der Waals surface area contributed by atoms with Crippen molar-refractivity contribution in [3.05, 3.63) is 69.7 Å². The molecule has 0 saturated carbocycles. The quantitative estimate of drug-likeness (QED) is 0.608. The molecule has 2 nitrogen and oxygen atoms in total. The summed E-state index contributed by atoms with van der Waals surface area (Å²) in [5.41, 5.74) is 4.15. The van der Waals surface area contributed by atoms with Crippen LogP contribution in [0.4, 0.5) is 8.78 Å². The molecule has 0 fully saturated rings. The Kier molecular flexibility index (Phi) is 4.96. The highest BCUT2D eigenvalue weighted by Gasteiger charge is 2.15. The Balaban J connectivity index is 2.52. The van der Waals surface area contributed by atoms with Crippen molar-refractivity contribution in [2.45, 2.75) is 26.3 Å². The predicted molar refractivity (Wildman–Crippen MR) is 89.0 cm³/mol. The maximum absolute atomic E-state index is 14.3. The minimum Gasteiger partial charge on any atom is -0.304 e. The number of nitrogens with one attached hydrogen (secondary N) is 1. The molecule has 116 valence electrons. The van der Waals surface area contributed by atoms with Crippen LogP contribution >= 0.6 is 15.9 Å². The molecule has 0 radical (unpaired) electrons. The van der Waals surface area contributed by atoms with E-state index in [4.69, 9.17) is 0 Å². The van der Waals surface area contributed by atoms with Gasteiger partial charge in [-0.2, -0.15) is 5.10 Å². The molecule has 0 aromatic heterocycles. The first kappa shape index (κ1) is 16.6. The fraction of sp³-hybridized carbons (Fsp3) is 0.235. The van der Waals surface area contributed by atoms with Crippen LogP contribution in [0.25, 0.3) is 0 Å². The van der Waals surface area contributed by atoms with Gasteiger partial charge in [-0.1, -0.05) is 15.9 Å². The number of hydrogen-bond acceptors (Lipinski definition) is 2. The molecule has 0 saturated heterocycles. The van der Waals surface area contributed by atoms with Crippen molar-refractivity contribution in [1.82, 2.24) is 5.43 Å². The Morgan fingerprint density at radius 1 is 1.05 bits per heavy atom. The van der Waals surface area contributed by atoms with Gasteiger partial charge in [0.15, 0.2) is 0 Å². The number of rotatable bonds is 3. The molecule has 2 aromatic carbocycles. The summed E-state index contributed by atoms with van der Waals surface area (Å²) < 4.78 is 28.0. The lowest BCUT2D eigenvalue weighted by molar-refractivity contribution is 0.441. The van der Waals surface area contributed by atoms with Crippen molar-refractivity contribution >= 4 is 21.6 Å². The van der Waals surface area contributed by atoms with Crippen LogP contribution in [0.5, 0.6) is 0 Å². The zero-order valence-corrected chi connectivity index (χ0v) is 14.2. The molecule has 22 heavy (non-hydrogen) atoms. The van der Waals surface area contributed by atoms with Crippen molar-refractivity contribution in [1.29, 1.82) is 0 Å². The molecular weight excluding hydrogens is 350 g/mol. The minimum absolute atomic E-state index is 0.267. The SMILES string of the molecule is CC(C)(C)NN=C(c1ccc(F)cc1)c1ccc(Br)cc1F. The molecule has 0 atom stereocenters. The van der Waals surface area contributed by atoms with Crippen LogP contribution in [-0.2, 0) is 0 Å². The summed E-state index contributed by atoms with van der Waals surface area (Å²) in [7, 11) is 0. The standard InChI is InChI=1S/C17H17BrF2N2/c1-17(2,3)22-21-16(11-4-7-13(19)8-5-11)14-9-6-12(18)10-15(14)20/h4-10,22H,1-3H3. The summed E-state index contributed by atoms with van der Waals surface area (Å²) in [5, 5.41) is 4.34. The molecule has 0 aliphatic rings. The van der Waals surface area contributed by atoms with E-state index in [0.717, 1.165) is 0 Å². The second kappa shape index (κ2) is 6.57. The van der Waals surface area contributed by atoms with Gasteiger partial charge in [-0.15, -0.1) is 0 Å². The van der Waals surface area contributed by atoms with E-state index in [0.29, 0.717) is 21.3 Å². The molecule has 0 aliphatic heterocycles. The van der Waals surface area contributed by atoms with E-state index in [9.17, 15) is 8.78 Å². The van der Waals surface area contributed by atoms with Gasteiger partial charge >= 0.3 is 0 Å². The average molecular weight is 367 g/mol. The molecular formula is C17H17BrF2N2. The number of halogens is 3. The first-order chi connectivity index (χ1) is 10.3. The van der Waals surface area contributed by atoms with E-state index in [1.54, 1.807) is 24.3 Å². The van der Waals surface area contributed by atoms with Crippen LogP contribution in [0.15, 0.2) is 52.0 Å². The van der Waals surface area contributed by atoms with Crippen LogP contribution in [0.2, 0.25) is 0 Å². The molecule has 2 aromatic rings. The fourth-order valence-corrected chi connectivity index (χ4v) is 2.13. The highest BCUT2D eigenvalue weighted by Crippen LogP contribution is 2.19.